The molecule has 0 spiro atoms. The van der Waals surface area contributed by atoms with Crippen LogP contribution in [0.15, 0.2) is 0 Å². The van der Waals surface area contributed by atoms with Crippen molar-refractivity contribution in [3.63, 3.8) is 0 Å². The molecule has 0 N–H and O–H groups in total. The van der Waals surface area contributed by atoms with Crippen molar-refractivity contribution in [3.8, 4) is 0 Å². The Morgan fingerprint density at radius 1 is 0.824 bits per heavy atom. The lowest BCUT2D eigenvalue weighted by Crippen LogP contribution is -2.16. The van der Waals surface area contributed by atoms with Crippen molar-refractivity contribution in [2.45, 2.75) is 71.1 Å². The van der Waals surface area contributed by atoms with Gasteiger partial charge in [0.15, 0.2) is 0 Å². The second-order valence-electron chi connectivity index (χ2n) is 6.38. The summed E-state index contributed by atoms with van der Waals surface area (Å²) in [5.41, 5.74) is 0. The summed E-state index contributed by atoms with van der Waals surface area (Å²) in [4.78, 5) is 0. The molecule has 1 heteroatoms. The first kappa shape index (κ1) is 13.4. The third-order valence-corrected chi connectivity index (χ3v) is 4.78. The predicted octanol–water partition coefficient (Wildman–Crippen LogP) is 4.80. The molecule has 2 rings (SSSR count). The maximum atomic E-state index is 5.98. The highest BCUT2D eigenvalue weighted by Gasteiger charge is 2.24. The standard InChI is InChI=1S/C16H30O/c1-2-6-14-9-10-16(11-14)13-17-12-15-7-4-3-5-8-15/h14-16H,2-13H2,1H3. The van der Waals surface area contributed by atoms with Crippen molar-refractivity contribution >= 4 is 0 Å². The molecule has 0 aromatic carbocycles. The molecule has 17 heavy (non-hydrogen) atoms. The normalized spacial score (nSPS) is 30.9. The van der Waals surface area contributed by atoms with Crippen LogP contribution in [0.25, 0.3) is 0 Å². The van der Waals surface area contributed by atoms with Gasteiger partial charge in [-0.3, -0.25) is 0 Å². The van der Waals surface area contributed by atoms with E-state index in [0.29, 0.717) is 0 Å². The van der Waals surface area contributed by atoms with E-state index in [2.05, 4.69) is 6.92 Å². The van der Waals surface area contributed by atoms with E-state index in [9.17, 15) is 0 Å². The molecule has 0 aromatic rings. The number of rotatable bonds is 6. The first-order chi connectivity index (χ1) is 8.38. The average Bonchev–Trinajstić information content (AvgIpc) is 2.79. The number of ether oxygens (including phenoxy) is 1. The Kier molecular flexibility index (Phi) is 5.84. The van der Waals surface area contributed by atoms with Crippen LogP contribution in [0.3, 0.4) is 0 Å². The molecule has 0 aliphatic heterocycles. The van der Waals surface area contributed by atoms with Crippen molar-refractivity contribution in [2.24, 2.45) is 17.8 Å². The minimum Gasteiger partial charge on any atom is -0.381 e. The van der Waals surface area contributed by atoms with Gasteiger partial charge < -0.3 is 4.74 Å². The number of hydrogen-bond donors (Lipinski definition) is 0. The fourth-order valence-corrected chi connectivity index (χ4v) is 3.76. The monoisotopic (exact) mass is 238 g/mol. The summed E-state index contributed by atoms with van der Waals surface area (Å²) in [7, 11) is 0. The Hall–Kier alpha value is -0.0400. The summed E-state index contributed by atoms with van der Waals surface area (Å²) >= 11 is 0. The summed E-state index contributed by atoms with van der Waals surface area (Å²) in [5, 5.41) is 0. The lowest BCUT2D eigenvalue weighted by molar-refractivity contribution is 0.0607. The molecule has 2 aliphatic rings. The van der Waals surface area contributed by atoms with E-state index < -0.39 is 0 Å². The Bertz CT molecular complexity index is 196. The molecule has 2 atom stereocenters. The Labute approximate surface area is 107 Å². The minimum absolute atomic E-state index is 0.884. The number of hydrogen-bond acceptors (Lipinski definition) is 1. The zero-order valence-electron chi connectivity index (χ0n) is 11.6. The van der Waals surface area contributed by atoms with Gasteiger partial charge in [0.2, 0.25) is 0 Å². The Morgan fingerprint density at radius 3 is 2.29 bits per heavy atom. The third kappa shape index (κ3) is 4.62. The van der Waals surface area contributed by atoms with Crippen LogP contribution in [0.1, 0.15) is 71.1 Å². The molecule has 1 nitrogen and oxygen atoms in total. The molecule has 2 fully saturated rings. The van der Waals surface area contributed by atoms with Gasteiger partial charge in [-0.2, -0.15) is 0 Å². The van der Waals surface area contributed by atoms with Crippen LogP contribution in [0.4, 0.5) is 0 Å². The molecule has 0 saturated heterocycles. The largest absolute Gasteiger partial charge is 0.381 e. The van der Waals surface area contributed by atoms with Crippen molar-refractivity contribution < 1.29 is 4.74 Å². The van der Waals surface area contributed by atoms with E-state index in [-0.39, 0.29) is 0 Å². The van der Waals surface area contributed by atoms with Crippen LogP contribution in [0.5, 0.6) is 0 Å². The average molecular weight is 238 g/mol. The van der Waals surface area contributed by atoms with E-state index in [1.54, 1.807) is 0 Å². The molecule has 0 heterocycles. The Balaban J connectivity index is 1.53. The molecule has 2 aliphatic carbocycles. The van der Waals surface area contributed by atoms with Crippen molar-refractivity contribution in [1.29, 1.82) is 0 Å². The van der Waals surface area contributed by atoms with Gasteiger partial charge in [0.05, 0.1) is 0 Å². The first-order valence-electron chi connectivity index (χ1n) is 7.96. The molecule has 0 bridgehead atoms. The molecular formula is C16H30O. The maximum absolute atomic E-state index is 5.98. The second-order valence-corrected chi connectivity index (χ2v) is 6.38. The van der Waals surface area contributed by atoms with Gasteiger partial charge in [0.25, 0.3) is 0 Å². The van der Waals surface area contributed by atoms with Crippen molar-refractivity contribution in [2.75, 3.05) is 13.2 Å². The fourth-order valence-electron chi connectivity index (χ4n) is 3.76. The van der Waals surface area contributed by atoms with Crippen molar-refractivity contribution in [3.05, 3.63) is 0 Å². The van der Waals surface area contributed by atoms with Gasteiger partial charge in [0, 0.05) is 13.2 Å². The predicted molar refractivity (Wildman–Crippen MR) is 73.1 cm³/mol. The summed E-state index contributed by atoms with van der Waals surface area (Å²) in [6, 6.07) is 0. The van der Waals surface area contributed by atoms with Gasteiger partial charge in [-0.1, -0.05) is 45.4 Å². The first-order valence-corrected chi connectivity index (χ1v) is 7.96. The smallest absolute Gasteiger partial charge is 0.0494 e. The maximum Gasteiger partial charge on any atom is 0.0494 e. The molecular weight excluding hydrogens is 208 g/mol. The van der Waals surface area contributed by atoms with Crippen molar-refractivity contribution in [1.82, 2.24) is 0 Å². The van der Waals surface area contributed by atoms with E-state index in [1.165, 1.54) is 64.2 Å². The molecule has 2 saturated carbocycles. The van der Waals surface area contributed by atoms with E-state index in [0.717, 1.165) is 31.0 Å². The quantitative estimate of drug-likeness (QED) is 0.646. The Morgan fingerprint density at radius 2 is 1.53 bits per heavy atom. The molecule has 100 valence electrons. The second kappa shape index (κ2) is 7.41. The minimum atomic E-state index is 0.884. The molecule has 0 radical (unpaired) electrons. The van der Waals surface area contributed by atoms with Gasteiger partial charge >= 0.3 is 0 Å². The van der Waals surface area contributed by atoms with Crippen LogP contribution < -0.4 is 0 Å². The van der Waals surface area contributed by atoms with Gasteiger partial charge in [-0.15, -0.1) is 0 Å². The zero-order valence-corrected chi connectivity index (χ0v) is 11.6. The highest BCUT2D eigenvalue weighted by atomic mass is 16.5. The topological polar surface area (TPSA) is 9.23 Å². The zero-order chi connectivity index (χ0) is 11.9. The van der Waals surface area contributed by atoms with Gasteiger partial charge in [0.1, 0.15) is 0 Å². The van der Waals surface area contributed by atoms with E-state index in [4.69, 9.17) is 4.74 Å². The van der Waals surface area contributed by atoms with Crippen LogP contribution in [-0.2, 0) is 4.74 Å². The van der Waals surface area contributed by atoms with Crippen LogP contribution >= 0.6 is 0 Å². The third-order valence-electron chi connectivity index (χ3n) is 4.78. The highest BCUT2D eigenvalue weighted by Crippen LogP contribution is 2.34. The summed E-state index contributed by atoms with van der Waals surface area (Å²) in [6.45, 7) is 4.42. The lowest BCUT2D eigenvalue weighted by atomic mass is 9.90. The van der Waals surface area contributed by atoms with Crippen LogP contribution in [-0.4, -0.2) is 13.2 Å². The summed E-state index contributed by atoms with van der Waals surface area (Å²) in [6.07, 6.45) is 14.3. The van der Waals surface area contributed by atoms with Gasteiger partial charge in [-0.25, -0.2) is 0 Å². The van der Waals surface area contributed by atoms with Crippen LogP contribution in [0, 0.1) is 17.8 Å². The highest BCUT2D eigenvalue weighted by molar-refractivity contribution is 4.75. The lowest BCUT2D eigenvalue weighted by Gasteiger charge is -2.22. The molecule has 2 unspecified atom stereocenters. The van der Waals surface area contributed by atoms with E-state index >= 15 is 0 Å². The molecule has 0 aromatic heterocycles. The summed E-state index contributed by atoms with van der Waals surface area (Å²) < 4.78 is 5.98. The SMILES string of the molecule is CCCC1CCC(COCC2CCCCC2)C1. The summed E-state index contributed by atoms with van der Waals surface area (Å²) in [5.74, 6) is 2.79. The van der Waals surface area contributed by atoms with Crippen LogP contribution in [0.2, 0.25) is 0 Å². The van der Waals surface area contributed by atoms with Gasteiger partial charge in [-0.05, 0) is 43.4 Å². The fraction of sp³-hybridized carbons (Fsp3) is 1.00. The molecule has 0 amide bonds. The van der Waals surface area contributed by atoms with E-state index in [1.807, 2.05) is 0 Å².